The van der Waals surface area contributed by atoms with Gasteiger partial charge in [-0.3, -0.25) is 9.59 Å². The molecule has 186 valence electrons. The molecule has 1 aliphatic rings. The Bertz CT molecular complexity index is 728. The van der Waals surface area contributed by atoms with Crippen molar-refractivity contribution < 1.29 is 33.3 Å². The molecule has 0 bridgehead atoms. The van der Waals surface area contributed by atoms with Gasteiger partial charge in [0.25, 0.3) is 0 Å². The highest BCUT2D eigenvalue weighted by Crippen LogP contribution is 2.25. The van der Waals surface area contributed by atoms with Crippen LogP contribution in [0.5, 0.6) is 0 Å². The van der Waals surface area contributed by atoms with E-state index in [0.717, 1.165) is 18.4 Å². The van der Waals surface area contributed by atoms with E-state index in [9.17, 15) is 9.59 Å². The second kappa shape index (κ2) is 13.1. The highest BCUT2D eigenvalue weighted by atomic mass is 16.6. The fourth-order valence-electron chi connectivity index (χ4n) is 3.83. The first-order valence-electron chi connectivity index (χ1n) is 11.8. The molecule has 0 aliphatic carbocycles. The zero-order valence-electron chi connectivity index (χ0n) is 20.9. The molecule has 1 aromatic carbocycles. The van der Waals surface area contributed by atoms with Gasteiger partial charge in [0.05, 0.1) is 37.8 Å². The van der Waals surface area contributed by atoms with Crippen LogP contribution in [0.25, 0.3) is 0 Å². The van der Waals surface area contributed by atoms with Crippen molar-refractivity contribution in [2.24, 2.45) is 11.8 Å². The molecule has 33 heavy (non-hydrogen) atoms. The minimum absolute atomic E-state index is 0.0201. The maximum absolute atomic E-state index is 12.9. The summed E-state index contributed by atoms with van der Waals surface area (Å²) < 4.78 is 28.7. The maximum Gasteiger partial charge on any atom is 0.312 e. The molecular weight excluding hydrogens is 424 g/mol. The van der Waals surface area contributed by atoms with Crippen molar-refractivity contribution >= 4 is 11.9 Å². The van der Waals surface area contributed by atoms with Crippen LogP contribution in [0.3, 0.4) is 0 Å². The van der Waals surface area contributed by atoms with Crippen LogP contribution in [-0.2, 0) is 39.7 Å². The number of ether oxygens (including phenoxy) is 5. The molecule has 2 rings (SSSR count). The van der Waals surface area contributed by atoms with E-state index in [0.29, 0.717) is 13.2 Å². The first-order valence-corrected chi connectivity index (χ1v) is 11.8. The van der Waals surface area contributed by atoms with E-state index in [4.69, 9.17) is 23.7 Å². The molecule has 1 heterocycles. The minimum Gasteiger partial charge on any atom is -0.460 e. The Balaban J connectivity index is 2.14. The number of methoxy groups -OCH3 is 1. The normalized spacial score (nSPS) is 25.3. The summed E-state index contributed by atoms with van der Waals surface area (Å²) in [5.41, 5.74) is 0.542. The molecule has 1 unspecified atom stereocenters. The predicted molar refractivity (Wildman–Crippen MR) is 125 cm³/mol. The highest BCUT2D eigenvalue weighted by molar-refractivity contribution is 5.80. The summed E-state index contributed by atoms with van der Waals surface area (Å²) in [4.78, 5) is 25.2. The van der Waals surface area contributed by atoms with E-state index in [-0.39, 0.29) is 31.2 Å². The van der Waals surface area contributed by atoms with E-state index in [1.54, 1.807) is 27.9 Å². The van der Waals surface area contributed by atoms with Gasteiger partial charge in [0.15, 0.2) is 0 Å². The van der Waals surface area contributed by atoms with Gasteiger partial charge in [-0.2, -0.15) is 0 Å². The molecular formula is C26H40O7. The Morgan fingerprint density at radius 3 is 2.52 bits per heavy atom. The molecule has 0 amide bonds. The molecule has 7 nitrogen and oxygen atoms in total. The third-order valence-electron chi connectivity index (χ3n) is 5.62. The molecule has 0 N–H and O–H groups in total. The molecule has 1 aromatic rings. The van der Waals surface area contributed by atoms with Crippen molar-refractivity contribution in [3.05, 3.63) is 35.9 Å². The summed E-state index contributed by atoms with van der Waals surface area (Å²) in [6.45, 7) is 10.2. The summed E-state index contributed by atoms with van der Waals surface area (Å²) in [7, 11) is 1.67. The topological polar surface area (TPSA) is 80.3 Å². The van der Waals surface area contributed by atoms with Crippen molar-refractivity contribution in [2.45, 2.75) is 77.8 Å². The zero-order chi connectivity index (χ0) is 24.4. The Labute approximate surface area is 198 Å². The molecule has 5 atom stereocenters. The number of benzene rings is 1. The van der Waals surface area contributed by atoms with Crippen LogP contribution in [0.1, 0.15) is 53.0 Å². The Morgan fingerprint density at radius 1 is 1.18 bits per heavy atom. The molecule has 0 aromatic heterocycles. The lowest BCUT2D eigenvalue weighted by molar-refractivity contribution is -0.169. The number of carbonyl (C=O) groups is 2. The minimum atomic E-state index is -0.716. The maximum atomic E-state index is 12.9. The third-order valence-corrected chi connectivity index (χ3v) is 5.62. The van der Waals surface area contributed by atoms with Crippen LogP contribution in [-0.4, -0.2) is 62.8 Å². The number of cyclic esters (lactones) is 1. The molecule has 7 heteroatoms. The standard InChI is InChI=1S/C26H40O7/c1-18(29-6)12-13-31-24-19(2)32-25(28)22(15-23(27)33-26(3,4)5)17-30-16-21(24)14-20-10-8-7-9-11-20/h7-11,18-19,21-22,24H,12-17H2,1-6H3/t18?,19-,21-,22-,24-/m0/s1. The fraction of sp³-hybridized carbons (Fsp3) is 0.692. The summed E-state index contributed by atoms with van der Waals surface area (Å²) in [5.74, 6) is -1.64. The van der Waals surface area contributed by atoms with Crippen molar-refractivity contribution in [1.29, 1.82) is 0 Å². The zero-order valence-corrected chi connectivity index (χ0v) is 20.9. The van der Waals surface area contributed by atoms with E-state index >= 15 is 0 Å². The monoisotopic (exact) mass is 464 g/mol. The Hall–Kier alpha value is -1.96. The van der Waals surface area contributed by atoms with Crippen molar-refractivity contribution in [3.63, 3.8) is 0 Å². The number of carbonyl (C=O) groups excluding carboxylic acids is 2. The highest BCUT2D eigenvalue weighted by Gasteiger charge is 2.36. The van der Waals surface area contributed by atoms with Crippen LogP contribution >= 0.6 is 0 Å². The lowest BCUT2D eigenvalue weighted by Gasteiger charge is -2.31. The first-order chi connectivity index (χ1) is 15.6. The van der Waals surface area contributed by atoms with Gasteiger partial charge in [-0.25, -0.2) is 0 Å². The van der Waals surface area contributed by atoms with Gasteiger partial charge in [-0.15, -0.1) is 0 Å². The molecule has 1 saturated heterocycles. The van der Waals surface area contributed by atoms with Gasteiger partial charge in [0.2, 0.25) is 0 Å². The summed E-state index contributed by atoms with van der Waals surface area (Å²) >= 11 is 0. The molecule has 0 spiro atoms. The van der Waals surface area contributed by atoms with Crippen molar-refractivity contribution in [2.75, 3.05) is 26.9 Å². The van der Waals surface area contributed by atoms with E-state index in [2.05, 4.69) is 12.1 Å². The summed E-state index contributed by atoms with van der Waals surface area (Å²) in [5, 5.41) is 0. The second-order valence-electron chi connectivity index (χ2n) is 9.79. The molecule has 0 saturated carbocycles. The fourth-order valence-corrected chi connectivity index (χ4v) is 3.83. The number of hydrogen-bond acceptors (Lipinski definition) is 7. The van der Waals surface area contributed by atoms with E-state index < -0.39 is 29.6 Å². The van der Waals surface area contributed by atoms with Crippen molar-refractivity contribution in [3.8, 4) is 0 Å². The second-order valence-corrected chi connectivity index (χ2v) is 9.79. The Morgan fingerprint density at radius 2 is 1.88 bits per heavy atom. The SMILES string of the molecule is COC(C)CCO[C@@H]1[C@@H](Cc2ccccc2)COC[C@H](CC(=O)OC(C)(C)C)C(=O)O[C@H]1C. The van der Waals surface area contributed by atoms with Crippen LogP contribution in [0.4, 0.5) is 0 Å². The van der Waals surface area contributed by atoms with Gasteiger partial charge >= 0.3 is 11.9 Å². The van der Waals surface area contributed by atoms with Gasteiger partial charge < -0.3 is 23.7 Å². The van der Waals surface area contributed by atoms with Crippen molar-refractivity contribution in [1.82, 2.24) is 0 Å². The molecule has 0 radical (unpaired) electrons. The Kier molecular flexibility index (Phi) is 10.8. The first kappa shape index (κ1) is 27.3. The quantitative estimate of drug-likeness (QED) is 0.512. The number of rotatable bonds is 9. The summed E-state index contributed by atoms with van der Waals surface area (Å²) in [6, 6.07) is 10.1. The number of esters is 2. The van der Waals surface area contributed by atoms with Gasteiger partial charge in [0, 0.05) is 19.6 Å². The summed E-state index contributed by atoms with van der Waals surface area (Å²) in [6.07, 6.45) is 0.604. The van der Waals surface area contributed by atoms with Crippen LogP contribution in [0.15, 0.2) is 30.3 Å². The van der Waals surface area contributed by atoms with Crippen LogP contribution in [0.2, 0.25) is 0 Å². The van der Waals surface area contributed by atoms with Gasteiger partial charge in [0.1, 0.15) is 11.7 Å². The average Bonchev–Trinajstić information content (AvgIpc) is 2.78. The molecule has 1 aliphatic heterocycles. The van der Waals surface area contributed by atoms with Crippen LogP contribution < -0.4 is 0 Å². The predicted octanol–water partition coefficient (Wildman–Crippen LogP) is 3.97. The van der Waals surface area contributed by atoms with E-state index in [1.165, 1.54) is 0 Å². The van der Waals surface area contributed by atoms with Crippen LogP contribution in [0, 0.1) is 11.8 Å². The number of hydrogen-bond donors (Lipinski definition) is 0. The third kappa shape index (κ3) is 9.82. The molecule has 1 fully saturated rings. The lowest BCUT2D eigenvalue weighted by atomic mass is 9.91. The largest absolute Gasteiger partial charge is 0.460 e. The van der Waals surface area contributed by atoms with Gasteiger partial charge in [-0.05, 0) is 53.0 Å². The lowest BCUT2D eigenvalue weighted by Crippen LogP contribution is -2.40. The smallest absolute Gasteiger partial charge is 0.312 e. The van der Waals surface area contributed by atoms with E-state index in [1.807, 2.05) is 32.0 Å². The average molecular weight is 465 g/mol. The van der Waals surface area contributed by atoms with Gasteiger partial charge in [-0.1, -0.05) is 30.3 Å².